The van der Waals surface area contributed by atoms with E-state index in [4.69, 9.17) is 0 Å². The van der Waals surface area contributed by atoms with Crippen molar-refractivity contribution in [3.8, 4) is 0 Å². The summed E-state index contributed by atoms with van der Waals surface area (Å²) in [4.78, 5) is 65.1. The Kier molecular flexibility index (Phi) is 11.9. The quantitative estimate of drug-likeness (QED) is 0.170. The number of amides is 4. The zero-order valence-corrected chi connectivity index (χ0v) is 24.9. The molecule has 232 valence electrons. The molecule has 42 heavy (non-hydrogen) atoms. The number of unbranched alkanes of at least 4 members (excludes halogenated alkanes) is 5. The number of aliphatic carboxylic acids is 1. The molecule has 4 N–H and O–H groups in total. The molecule has 1 aliphatic heterocycles. The third-order valence-electron chi connectivity index (χ3n) is 8.38. The van der Waals surface area contributed by atoms with Gasteiger partial charge in [-0.25, -0.2) is 14.0 Å². The van der Waals surface area contributed by atoms with Crippen molar-refractivity contribution < 1.29 is 33.5 Å². The number of urea groups is 1. The molecule has 11 heteroatoms. The molecule has 0 spiro atoms. The molecule has 4 amide bonds. The fraction of sp³-hybridized carbons (Fsp3) is 0.645. The number of hydrogen-bond acceptors (Lipinski definition) is 5. The number of carboxylic acid groups (broad SMARTS) is 1. The average Bonchev–Trinajstić information content (AvgIpc) is 3.42. The summed E-state index contributed by atoms with van der Waals surface area (Å²) in [6.45, 7) is 5.60. The lowest BCUT2D eigenvalue weighted by atomic mass is 9.95. The first-order valence-corrected chi connectivity index (χ1v) is 15.2. The summed E-state index contributed by atoms with van der Waals surface area (Å²) in [5.41, 5.74) is -1.03. The third kappa shape index (κ3) is 8.51. The standard InChI is InChI=1S/C31H45FN4O6/c1-4-5-6-7-8-9-11-22-18-31(22,29(40)41)35-28(39)24-12-10-17-36(24)25(37)19-33-30(42)34-26(20(2)3)27(38)21-13-15-23(32)16-14-21/h13-16,20,22,24,26H,4-12,17-19H2,1-3H3,(H,35,39)(H,40,41)(H2,33,34,42)/t22?,24-,26-,31+/m0/s1. The van der Waals surface area contributed by atoms with Crippen molar-refractivity contribution in [2.75, 3.05) is 13.1 Å². The van der Waals surface area contributed by atoms with E-state index in [-0.39, 0.29) is 23.2 Å². The van der Waals surface area contributed by atoms with Crippen LogP contribution in [0.25, 0.3) is 0 Å². The van der Waals surface area contributed by atoms with Gasteiger partial charge in [0.15, 0.2) is 5.78 Å². The van der Waals surface area contributed by atoms with Gasteiger partial charge in [0.05, 0.1) is 12.6 Å². The van der Waals surface area contributed by atoms with E-state index in [0.29, 0.717) is 25.8 Å². The minimum atomic E-state index is -1.28. The Labute approximate surface area is 247 Å². The molecule has 0 radical (unpaired) electrons. The molecular weight excluding hydrogens is 543 g/mol. The largest absolute Gasteiger partial charge is 0.479 e. The fourth-order valence-electron chi connectivity index (χ4n) is 5.74. The molecular formula is C31H45FN4O6. The highest BCUT2D eigenvalue weighted by Gasteiger charge is 2.61. The minimum absolute atomic E-state index is 0.118. The number of carbonyl (C=O) groups excluding carboxylic acids is 4. The third-order valence-corrected chi connectivity index (χ3v) is 8.38. The Morgan fingerprint density at radius 1 is 1.05 bits per heavy atom. The summed E-state index contributed by atoms with van der Waals surface area (Å²) in [6, 6.07) is 2.61. The lowest BCUT2D eigenvalue weighted by molar-refractivity contribution is -0.145. The van der Waals surface area contributed by atoms with E-state index in [0.717, 1.165) is 25.7 Å². The van der Waals surface area contributed by atoms with Crippen LogP contribution in [0.15, 0.2) is 24.3 Å². The van der Waals surface area contributed by atoms with Crippen molar-refractivity contribution >= 4 is 29.6 Å². The number of rotatable bonds is 16. The van der Waals surface area contributed by atoms with Crippen LogP contribution in [0.4, 0.5) is 9.18 Å². The van der Waals surface area contributed by atoms with Crippen LogP contribution in [0.2, 0.25) is 0 Å². The maximum Gasteiger partial charge on any atom is 0.329 e. The molecule has 1 saturated carbocycles. The molecule has 1 saturated heterocycles. The van der Waals surface area contributed by atoms with Gasteiger partial charge in [-0.15, -0.1) is 0 Å². The molecule has 1 aromatic rings. The summed E-state index contributed by atoms with van der Waals surface area (Å²) < 4.78 is 13.2. The van der Waals surface area contributed by atoms with Crippen molar-refractivity contribution in [2.24, 2.45) is 11.8 Å². The topological polar surface area (TPSA) is 145 Å². The van der Waals surface area contributed by atoms with E-state index in [1.165, 1.54) is 48.4 Å². The Morgan fingerprint density at radius 2 is 1.71 bits per heavy atom. The van der Waals surface area contributed by atoms with Crippen molar-refractivity contribution in [3.63, 3.8) is 0 Å². The van der Waals surface area contributed by atoms with Crippen LogP contribution >= 0.6 is 0 Å². The van der Waals surface area contributed by atoms with E-state index < -0.39 is 53.8 Å². The Morgan fingerprint density at radius 3 is 2.36 bits per heavy atom. The number of Topliss-reactive ketones (excluding diaryl/α,β-unsaturated/α-hetero) is 1. The second-order valence-electron chi connectivity index (χ2n) is 11.9. The van der Waals surface area contributed by atoms with Gasteiger partial charge in [-0.05, 0) is 61.8 Å². The van der Waals surface area contributed by atoms with E-state index in [9.17, 15) is 33.5 Å². The maximum absolute atomic E-state index is 13.2. The monoisotopic (exact) mass is 588 g/mol. The molecule has 1 unspecified atom stereocenters. The highest BCUT2D eigenvalue weighted by atomic mass is 19.1. The summed E-state index contributed by atoms with van der Waals surface area (Å²) in [7, 11) is 0. The molecule has 1 heterocycles. The molecule has 0 aromatic heterocycles. The highest BCUT2D eigenvalue weighted by Crippen LogP contribution is 2.47. The zero-order chi connectivity index (χ0) is 30.9. The van der Waals surface area contributed by atoms with E-state index in [1.807, 2.05) is 0 Å². The molecule has 2 aliphatic rings. The second kappa shape index (κ2) is 15.1. The summed E-state index contributed by atoms with van der Waals surface area (Å²) in [5.74, 6) is -3.26. The van der Waals surface area contributed by atoms with Crippen LogP contribution in [0, 0.1) is 17.7 Å². The molecule has 2 fully saturated rings. The molecule has 1 aromatic carbocycles. The first-order valence-electron chi connectivity index (χ1n) is 15.2. The first-order chi connectivity index (χ1) is 20.0. The Hall–Kier alpha value is -3.50. The molecule has 0 bridgehead atoms. The van der Waals surface area contributed by atoms with Crippen LogP contribution in [0.5, 0.6) is 0 Å². The Bertz CT molecular complexity index is 1130. The van der Waals surface area contributed by atoms with E-state index in [2.05, 4.69) is 22.9 Å². The molecule has 4 atom stereocenters. The number of carboxylic acids is 1. The molecule has 10 nitrogen and oxygen atoms in total. The Balaban J connectivity index is 1.50. The normalized spacial score (nSPS) is 22.0. The second-order valence-corrected chi connectivity index (χ2v) is 11.9. The van der Waals surface area contributed by atoms with Crippen LogP contribution in [-0.2, 0) is 14.4 Å². The van der Waals surface area contributed by atoms with Crippen LogP contribution in [0.3, 0.4) is 0 Å². The lowest BCUT2D eigenvalue weighted by Crippen LogP contribution is -2.55. The van der Waals surface area contributed by atoms with Gasteiger partial charge in [-0.1, -0.05) is 59.3 Å². The first kappa shape index (κ1) is 33.0. The van der Waals surface area contributed by atoms with Gasteiger partial charge in [0.25, 0.3) is 0 Å². The van der Waals surface area contributed by atoms with Crippen LogP contribution in [-0.4, -0.2) is 70.3 Å². The fourth-order valence-corrected chi connectivity index (χ4v) is 5.74. The van der Waals surface area contributed by atoms with Gasteiger partial charge in [0.2, 0.25) is 11.8 Å². The number of nitrogens with one attached hydrogen (secondary N) is 3. The van der Waals surface area contributed by atoms with Gasteiger partial charge in [0.1, 0.15) is 17.4 Å². The SMILES string of the molecule is CCCCCCCCC1C[C@]1(NC(=O)[C@@H]1CCCN1C(=O)CNC(=O)N[C@H](C(=O)c1ccc(F)cc1)C(C)C)C(=O)O. The number of hydrogen-bond donors (Lipinski definition) is 4. The lowest BCUT2D eigenvalue weighted by Gasteiger charge is -2.26. The van der Waals surface area contributed by atoms with E-state index >= 15 is 0 Å². The van der Waals surface area contributed by atoms with Crippen LogP contribution in [0.1, 0.15) is 95.3 Å². The highest BCUT2D eigenvalue weighted by molar-refractivity contribution is 6.02. The molecule has 3 rings (SSSR count). The van der Waals surface area contributed by atoms with Gasteiger partial charge in [0, 0.05) is 12.1 Å². The minimum Gasteiger partial charge on any atom is -0.479 e. The van der Waals surface area contributed by atoms with Gasteiger partial charge >= 0.3 is 12.0 Å². The zero-order valence-electron chi connectivity index (χ0n) is 24.9. The van der Waals surface area contributed by atoms with Gasteiger partial charge in [-0.3, -0.25) is 14.4 Å². The van der Waals surface area contributed by atoms with E-state index in [1.54, 1.807) is 13.8 Å². The number of nitrogens with zero attached hydrogens (tertiary/aromatic N) is 1. The average molecular weight is 589 g/mol. The predicted molar refractivity (Wildman–Crippen MR) is 155 cm³/mol. The van der Waals surface area contributed by atoms with Crippen molar-refractivity contribution in [3.05, 3.63) is 35.6 Å². The molecule has 1 aliphatic carbocycles. The summed E-state index contributed by atoms with van der Waals surface area (Å²) in [5, 5.41) is 17.7. The van der Waals surface area contributed by atoms with Crippen molar-refractivity contribution in [1.82, 2.24) is 20.9 Å². The van der Waals surface area contributed by atoms with Gasteiger partial charge in [-0.2, -0.15) is 0 Å². The summed E-state index contributed by atoms with van der Waals surface area (Å²) >= 11 is 0. The van der Waals surface area contributed by atoms with Gasteiger partial charge < -0.3 is 26.0 Å². The predicted octanol–water partition coefficient (Wildman–Crippen LogP) is 4.03. The van der Waals surface area contributed by atoms with Crippen molar-refractivity contribution in [2.45, 2.75) is 103 Å². The van der Waals surface area contributed by atoms with Crippen LogP contribution < -0.4 is 16.0 Å². The number of likely N-dealkylation sites (tertiary alicyclic amines) is 1. The number of ketones is 1. The summed E-state index contributed by atoms with van der Waals surface area (Å²) in [6.07, 6.45) is 8.76. The number of carbonyl (C=O) groups is 5. The number of benzene rings is 1. The smallest absolute Gasteiger partial charge is 0.329 e. The van der Waals surface area contributed by atoms with Crippen molar-refractivity contribution in [1.29, 1.82) is 0 Å². The maximum atomic E-state index is 13.2. The number of halogens is 1.